The molecule has 1 fully saturated rings. The number of anilines is 1. The maximum Gasteiger partial charge on any atom is 0.160 e. The van der Waals surface area contributed by atoms with E-state index in [1.165, 1.54) is 0 Å². The lowest BCUT2D eigenvalue weighted by atomic mass is 10.1. The maximum absolute atomic E-state index is 6.02. The first-order chi connectivity index (χ1) is 9.31. The van der Waals surface area contributed by atoms with Gasteiger partial charge in [-0.05, 0) is 12.8 Å². The highest BCUT2D eigenvalue weighted by molar-refractivity contribution is 5.86. The van der Waals surface area contributed by atoms with Crippen LogP contribution < -0.4 is 4.90 Å². The zero-order valence-electron chi connectivity index (χ0n) is 11.3. The third kappa shape index (κ3) is 2.28. The van der Waals surface area contributed by atoms with Gasteiger partial charge >= 0.3 is 0 Å². The fourth-order valence-corrected chi connectivity index (χ4v) is 2.55. The summed E-state index contributed by atoms with van der Waals surface area (Å²) in [6.07, 6.45) is 5.97. The normalized spacial score (nSPS) is 24.0. The monoisotopic (exact) mass is 261 g/mol. The number of morpholine rings is 1. The van der Waals surface area contributed by atoms with E-state index in [9.17, 15) is 0 Å². The zero-order valence-corrected chi connectivity index (χ0v) is 11.3. The molecular weight excluding hydrogens is 242 g/mol. The minimum Gasteiger partial charge on any atom is -0.371 e. The van der Waals surface area contributed by atoms with Gasteiger partial charge in [0.05, 0.1) is 23.8 Å². The van der Waals surface area contributed by atoms with Crippen molar-refractivity contribution in [2.45, 2.75) is 38.9 Å². The predicted octanol–water partition coefficient (Wildman–Crippen LogP) is 1.75. The fraction of sp³-hybridized carbons (Fsp3) is 0.615. The van der Waals surface area contributed by atoms with Gasteiger partial charge in [-0.3, -0.25) is 5.10 Å². The van der Waals surface area contributed by atoms with Gasteiger partial charge in [0.25, 0.3) is 0 Å². The van der Waals surface area contributed by atoms with Crippen LogP contribution in [0, 0.1) is 0 Å². The SMILES string of the molecule is CCC1CN(c2ncnc3[nH]ncc23)CC(CC)O1. The molecule has 3 heterocycles. The third-order valence-corrected chi connectivity index (χ3v) is 3.67. The van der Waals surface area contributed by atoms with E-state index in [-0.39, 0.29) is 12.2 Å². The molecule has 0 spiro atoms. The van der Waals surface area contributed by atoms with E-state index in [4.69, 9.17) is 4.74 Å². The van der Waals surface area contributed by atoms with E-state index in [2.05, 4.69) is 38.9 Å². The summed E-state index contributed by atoms with van der Waals surface area (Å²) in [4.78, 5) is 10.9. The molecule has 0 bridgehead atoms. The molecule has 6 nitrogen and oxygen atoms in total. The van der Waals surface area contributed by atoms with Gasteiger partial charge in [0.2, 0.25) is 0 Å². The number of nitrogens with zero attached hydrogens (tertiary/aromatic N) is 4. The molecule has 0 aliphatic carbocycles. The van der Waals surface area contributed by atoms with Crippen molar-refractivity contribution in [1.82, 2.24) is 20.2 Å². The second-order valence-corrected chi connectivity index (χ2v) is 4.93. The predicted molar refractivity (Wildman–Crippen MR) is 73.1 cm³/mol. The lowest BCUT2D eigenvalue weighted by Gasteiger charge is -2.38. The van der Waals surface area contributed by atoms with Gasteiger partial charge in [-0.2, -0.15) is 5.10 Å². The zero-order chi connectivity index (χ0) is 13.2. The van der Waals surface area contributed by atoms with E-state index >= 15 is 0 Å². The standard InChI is InChI=1S/C13H19N5O/c1-3-9-6-18(7-10(4-2)19-9)13-11-5-16-17-12(11)14-8-15-13/h5,8-10H,3-4,6-7H2,1-2H3,(H,14,15,16,17). The molecule has 2 atom stereocenters. The highest BCUT2D eigenvalue weighted by Crippen LogP contribution is 2.25. The molecule has 0 amide bonds. The van der Waals surface area contributed by atoms with Crippen molar-refractivity contribution in [2.24, 2.45) is 0 Å². The number of hydrogen-bond acceptors (Lipinski definition) is 5. The Kier molecular flexibility index (Phi) is 3.33. The molecule has 1 saturated heterocycles. The highest BCUT2D eigenvalue weighted by atomic mass is 16.5. The number of nitrogens with one attached hydrogen (secondary N) is 1. The molecule has 19 heavy (non-hydrogen) atoms. The molecular formula is C13H19N5O. The summed E-state index contributed by atoms with van der Waals surface area (Å²) in [5.41, 5.74) is 0.789. The van der Waals surface area contributed by atoms with Crippen molar-refractivity contribution in [3.63, 3.8) is 0 Å². The molecule has 2 unspecified atom stereocenters. The van der Waals surface area contributed by atoms with Gasteiger partial charge < -0.3 is 9.64 Å². The quantitative estimate of drug-likeness (QED) is 0.911. The minimum absolute atomic E-state index is 0.274. The van der Waals surface area contributed by atoms with Crippen molar-refractivity contribution in [3.8, 4) is 0 Å². The van der Waals surface area contributed by atoms with Crippen LogP contribution in [0.1, 0.15) is 26.7 Å². The minimum atomic E-state index is 0.274. The number of rotatable bonds is 3. The molecule has 0 saturated carbocycles. The summed E-state index contributed by atoms with van der Waals surface area (Å²) in [5.74, 6) is 0.957. The lowest BCUT2D eigenvalue weighted by molar-refractivity contribution is -0.0286. The Bertz CT molecular complexity index is 543. The van der Waals surface area contributed by atoms with Crippen LogP contribution in [-0.2, 0) is 4.74 Å². The van der Waals surface area contributed by atoms with Gasteiger partial charge in [-0.15, -0.1) is 0 Å². The lowest BCUT2D eigenvalue weighted by Crippen LogP contribution is -2.47. The molecule has 6 heteroatoms. The Morgan fingerprint density at radius 1 is 1.26 bits per heavy atom. The Morgan fingerprint density at radius 2 is 2.00 bits per heavy atom. The second kappa shape index (κ2) is 5.13. The highest BCUT2D eigenvalue weighted by Gasteiger charge is 2.27. The van der Waals surface area contributed by atoms with E-state index in [0.717, 1.165) is 42.8 Å². The molecule has 1 N–H and O–H groups in total. The van der Waals surface area contributed by atoms with Gasteiger partial charge in [0.1, 0.15) is 12.1 Å². The number of hydrogen-bond donors (Lipinski definition) is 1. The number of ether oxygens (including phenoxy) is 1. The Labute approximate surface area is 112 Å². The second-order valence-electron chi connectivity index (χ2n) is 4.93. The molecule has 3 rings (SSSR count). The van der Waals surface area contributed by atoms with Crippen LogP contribution in [0.5, 0.6) is 0 Å². The van der Waals surface area contributed by atoms with E-state index in [0.29, 0.717) is 0 Å². The van der Waals surface area contributed by atoms with Crippen LogP contribution in [0.2, 0.25) is 0 Å². The van der Waals surface area contributed by atoms with Crippen molar-refractivity contribution in [1.29, 1.82) is 0 Å². The fourth-order valence-electron chi connectivity index (χ4n) is 2.55. The number of H-pyrrole nitrogens is 1. The van der Waals surface area contributed by atoms with Gasteiger partial charge in [0.15, 0.2) is 5.65 Å². The summed E-state index contributed by atoms with van der Waals surface area (Å²) in [7, 11) is 0. The molecule has 102 valence electrons. The number of aromatic amines is 1. The molecule has 2 aromatic heterocycles. The van der Waals surface area contributed by atoms with Crippen LogP contribution in [-0.4, -0.2) is 45.5 Å². The van der Waals surface area contributed by atoms with Crippen LogP contribution >= 0.6 is 0 Å². The number of aromatic nitrogens is 4. The van der Waals surface area contributed by atoms with E-state index in [1.807, 2.05) is 0 Å². The van der Waals surface area contributed by atoms with Crippen LogP contribution in [0.15, 0.2) is 12.5 Å². The van der Waals surface area contributed by atoms with Crippen molar-refractivity contribution in [3.05, 3.63) is 12.5 Å². The van der Waals surface area contributed by atoms with Crippen LogP contribution in [0.4, 0.5) is 5.82 Å². The molecule has 1 aliphatic heterocycles. The van der Waals surface area contributed by atoms with Gasteiger partial charge in [-0.1, -0.05) is 13.8 Å². The first kappa shape index (κ1) is 12.3. The summed E-state index contributed by atoms with van der Waals surface area (Å²) in [6.45, 7) is 6.08. The van der Waals surface area contributed by atoms with E-state index in [1.54, 1.807) is 12.5 Å². The average molecular weight is 261 g/mol. The Hall–Kier alpha value is -1.69. The number of fused-ring (bicyclic) bond motifs is 1. The summed E-state index contributed by atoms with van der Waals surface area (Å²) in [6, 6.07) is 0. The van der Waals surface area contributed by atoms with Crippen LogP contribution in [0.3, 0.4) is 0 Å². The molecule has 2 aromatic rings. The van der Waals surface area contributed by atoms with Gasteiger partial charge in [-0.25, -0.2) is 9.97 Å². The molecule has 0 radical (unpaired) electrons. The largest absolute Gasteiger partial charge is 0.371 e. The first-order valence-corrected chi connectivity index (χ1v) is 6.86. The first-order valence-electron chi connectivity index (χ1n) is 6.86. The Morgan fingerprint density at radius 3 is 2.68 bits per heavy atom. The van der Waals surface area contributed by atoms with Gasteiger partial charge in [0, 0.05) is 13.1 Å². The smallest absolute Gasteiger partial charge is 0.160 e. The summed E-state index contributed by atoms with van der Waals surface area (Å²) >= 11 is 0. The molecule has 0 aromatic carbocycles. The van der Waals surface area contributed by atoms with Crippen molar-refractivity contribution in [2.75, 3.05) is 18.0 Å². The van der Waals surface area contributed by atoms with Crippen molar-refractivity contribution >= 4 is 16.9 Å². The third-order valence-electron chi connectivity index (χ3n) is 3.67. The average Bonchev–Trinajstić information content (AvgIpc) is 2.94. The summed E-state index contributed by atoms with van der Waals surface area (Å²) < 4.78 is 6.02. The van der Waals surface area contributed by atoms with Crippen LogP contribution in [0.25, 0.3) is 11.0 Å². The Balaban J connectivity index is 1.93. The van der Waals surface area contributed by atoms with E-state index < -0.39 is 0 Å². The molecule has 1 aliphatic rings. The summed E-state index contributed by atoms with van der Waals surface area (Å²) in [5, 5.41) is 7.92. The maximum atomic E-state index is 6.02. The van der Waals surface area contributed by atoms with Crippen molar-refractivity contribution < 1.29 is 4.74 Å². The topological polar surface area (TPSA) is 66.9 Å².